The lowest BCUT2D eigenvalue weighted by molar-refractivity contribution is 0.102. The molecule has 0 bridgehead atoms. The Morgan fingerprint density at radius 1 is 1.04 bits per heavy atom. The van der Waals surface area contributed by atoms with Gasteiger partial charge >= 0.3 is 0 Å². The van der Waals surface area contributed by atoms with Gasteiger partial charge < -0.3 is 10.6 Å². The highest BCUT2D eigenvalue weighted by Gasteiger charge is 2.10. The van der Waals surface area contributed by atoms with E-state index in [0.717, 1.165) is 10.2 Å². The second-order valence-electron chi connectivity index (χ2n) is 5.15. The normalized spacial score (nSPS) is 9.92. The van der Waals surface area contributed by atoms with Crippen LogP contribution in [0, 0.1) is 11.3 Å². The van der Waals surface area contributed by atoms with Crippen molar-refractivity contribution < 1.29 is 4.79 Å². The molecule has 0 unspecified atom stereocenters. The molecule has 3 aromatic rings. The molecule has 6 heteroatoms. The van der Waals surface area contributed by atoms with E-state index in [0.29, 0.717) is 22.6 Å². The van der Waals surface area contributed by atoms with Crippen LogP contribution in [0.5, 0.6) is 0 Å². The van der Waals surface area contributed by atoms with Crippen molar-refractivity contribution in [3.05, 3.63) is 82.5 Å². The highest BCUT2D eigenvalue weighted by molar-refractivity contribution is 9.10. The maximum absolute atomic E-state index is 12.3. The molecule has 0 saturated carbocycles. The van der Waals surface area contributed by atoms with Gasteiger partial charge in [0.15, 0.2) is 0 Å². The highest BCUT2D eigenvalue weighted by Crippen LogP contribution is 2.21. The zero-order valence-corrected chi connectivity index (χ0v) is 14.6. The second-order valence-corrected chi connectivity index (χ2v) is 6.00. The summed E-state index contributed by atoms with van der Waals surface area (Å²) in [5.74, 6) is 0.204. The van der Waals surface area contributed by atoms with Gasteiger partial charge in [0.05, 0.1) is 28.7 Å². The number of nitrogens with zero attached hydrogens (tertiary/aromatic N) is 2. The molecule has 0 aliphatic rings. The van der Waals surface area contributed by atoms with E-state index < -0.39 is 0 Å². The Morgan fingerprint density at radius 2 is 1.80 bits per heavy atom. The number of rotatable bonds is 4. The minimum absolute atomic E-state index is 0.240. The largest absolute Gasteiger partial charge is 0.353 e. The highest BCUT2D eigenvalue weighted by atomic mass is 79.9. The van der Waals surface area contributed by atoms with E-state index in [1.54, 1.807) is 36.5 Å². The number of nitrogens with one attached hydrogen (secondary N) is 2. The van der Waals surface area contributed by atoms with Crippen LogP contribution in [0.15, 0.2) is 71.3 Å². The van der Waals surface area contributed by atoms with Crippen LogP contribution < -0.4 is 10.6 Å². The van der Waals surface area contributed by atoms with Crippen LogP contribution in [-0.4, -0.2) is 10.9 Å². The monoisotopic (exact) mass is 392 g/mol. The van der Waals surface area contributed by atoms with Gasteiger partial charge in [0.25, 0.3) is 5.91 Å². The summed E-state index contributed by atoms with van der Waals surface area (Å²) in [4.78, 5) is 16.5. The fourth-order valence-electron chi connectivity index (χ4n) is 2.22. The molecule has 0 aliphatic heterocycles. The number of benzene rings is 2. The zero-order valence-electron chi connectivity index (χ0n) is 13.0. The van der Waals surface area contributed by atoms with E-state index in [1.165, 1.54) is 0 Å². The molecular formula is C19H13BrN4O. The Bertz CT molecular complexity index is 948. The van der Waals surface area contributed by atoms with E-state index in [1.807, 2.05) is 30.3 Å². The van der Waals surface area contributed by atoms with Crippen LogP contribution in [0.3, 0.4) is 0 Å². The first-order valence-electron chi connectivity index (χ1n) is 7.45. The minimum Gasteiger partial charge on any atom is -0.353 e. The van der Waals surface area contributed by atoms with Gasteiger partial charge in [-0.25, -0.2) is 4.98 Å². The Hall–Kier alpha value is -3.17. The van der Waals surface area contributed by atoms with Gasteiger partial charge in [-0.2, -0.15) is 5.26 Å². The number of amides is 1. The van der Waals surface area contributed by atoms with Crippen molar-refractivity contribution in [2.75, 3.05) is 10.6 Å². The molecule has 25 heavy (non-hydrogen) atoms. The molecule has 1 heterocycles. The topological polar surface area (TPSA) is 77.8 Å². The molecule has 0 aliphatic carbocycles. The van der Waals surface area contributed by atoms with Gasteiger partial charge in [-0.1, -0.05) is 24.3 Å². The van der Waals surface area contributed by atoms with Gasteiger partial charge in [0, 0.05) is 4.47 Å². The number of hydrogen-bond donors (Lipinski definition) is 2. The first-order valence-corrected chi connectivity index (χ1v) is 8.25. The van der Waals surface area contributed by atoms with E-state index in [2.05, 4.69) is 37.6 Å². The quantitative estimate of drug-likeness (QED) is 0.673. The van der Waals surface area contributed by atoms with E-state index >= 15 is 0 Å². The molecule has 0 atom stereocenters. The number of pyridine rings is 1. The number of para-hydroxylation sites is 1. The number of carbonyl (C=O) groups excluding carboxylic acids is 1. The van der Waals surface area contributed by atoms with Gasteiger partial charge in [-0.05, 0) is 52.3 Å². The van der Waals surface area contributed by atoms with Gasteiger partial charge in [0.2, 0.25) is 0 Å². The number of carbonyl (C=O) groups is 1. The lowest BCUT2D eigenvalue weighted by Gasteiger charge is -2.09. The molecule has 0 saturated heterocycles. The fraction of sp³-hybridized carbons (Fsp3) is 0. The summed E-state index contributed by atoms with van der Waals surface area (Å²) in [5.41, 5.74) is 2.52. The summed E-state index contributed by atoms with van der Waals surface area (Å²) < 4.78 is 0.721. The van der Waals surface area contributed by atoms with Gasteiger partial charge in [-0.15, -0.1) is 0 Å². The second kappa shape index (κ2) is 7.60. The molecule has 3 rings (SSSR count). The van der Waals surface area contributed by atoms with Crippen LogP contribution >= 0.6 is 15.9 Å². The lowest BCUT2D eigenvalue weighted by Crippen LogP contribution is -2.13. The smallest absolute Gasteiger partial charge is 0.257 e. The van der Waals surface area contributed by atoms with E-state index in [9.17, 15) is 4.79 Å². The first-order chi connectivity index (χ1) is 12.2. The molecule has 0 fully saturated rings. The third-order valence-electron chi connectivity index (χ3n) is 3.45. The Kier molecular flexibility index (Phi) is 5.07. The molecule has 1 aromatic heterocycles. The van der Waals surface area contributed by atoms with Crippen molar-refractivity contribution in [1.82, 2.24) is 4.98 Å². The van der Waals surface area contributed by atoms with Crippen LogP contribution in [0.4, 0.5) is 17.2 Å². The predicted octanol–water partition coefficient (Wildman–Crippen LogP) is 4.71. The fourth-order valence-corrected chi connectivity index (χ4v) is 2.68. The molecule has 1 amide bonds. The Labute approximate surface area is 153 Å². The molecule has 0 radical (unpaired) electrons. The van der Waals surface area contributed by atoms with Crippen molar-refractivity contribution in [3.8, 4) is 6.07 Å². The van der Waals surface area contributed by atoms with Gasteiger partial charge in [0.1, 0.15) is 11.9 Å². The first kappa shape index (κ1) is 16.7. The number of halogens is 1. The minimum atomic E-state index is -0.240. The SMILES string of the molecule is N#Cc1ccccc1Nc1ccc(NC(=O)c2ccccc2Br)nc1. The summed E-state index contributed by atoms with van der Waals surface area (Å²) in [6.07, 6.45) is 1.60. The summed E-state index contributed by atoms with van der Waals surface area (Å²) in [6.45, 7) is 0. The van der Waals surface area contributed by atoms with Crippen molar-refractivity contribution >= 4 is 39.0 Å². The Balaban J connectivity index is 1.72. The average Bonchev–Trinajstić information content (AvgIpc) is 2.64. The molecule has 2 aromatic carbocycles. The van der Waals surface area contributed by atoms with Crippen molar-refractivity contribution in [2.45, 2.75) is 0 Å². The molecule has 5 nitrogen and oxygen atoms in total. The number of nitriles is 1. The van der Waals surface area contributed by atoms with Crippen molar-refractivity contribution in [3.63, 3.8) is 0 Å². The Morgan fingerprint density at radius 3 is 2.52 bits per heavy atom. The predicted molar refractivity (Wildman–Crippen MR) is 101 cm³/mol. The number of aromatic nitrogens is 1. The third-order valence-corrected chi connectivity index (χ3v) is 4.14. The lowest BCUT2D eigenvalue weighted by atomic mass is 10.2. The van der Waals surface area contributed by atoms with Crippen molar-refractivity contribution in [2.24, 2.45) is 0 Å². The number of anilines is 3. The van der Waals surface area contributed by atoms with Gasteiger partial charge in [-0.3, -0.25) is 4.79 Å². The molecule has 0 spiro atoms. The molecule has 2 N–H and O–H groups in total. The third kappa shape index (κ3) is 4.03. The summed E-state index contributed by atoms with van der Waals surface area (Å²) in [7, 11) is 0. The summed E-state index contributed by atoms with van der Waals surface area (Å²) in [6, 6.07) is 20.0. The van der Waals surface area contributed by atoms with E-state index in [-0.39, 0.29) is 5.91 Å². The maximum Gasteiger partial charge on any atom is 0.257 e. The molecule has 122 valence electrons. The van der Waals surface area contributed by atoms with Crippen LogP contribution in [0.2, 0.25) is 0 Å². The van der Waals surface area contributed by atoms with Crippen LogP contribution in [0.1, 0.15) is 15.9 Å². The van der Waals surface area contributed by atoms with Crippen LogP contribution in [-0.2, 0) is 0 Å². The summed E-state index contributed by atoms with van der Waals surface area (Å²) >= 11 is 3.35. The van der Waals surface area contributed by atoms with Crippen LogP contribution in [0.25, 0.3) is 0 Å². The standard InChI is InChI=1S/C19H13BrN4O/c20-16-7-3-2-6-15(16)19(25)24-18-10-9-14(12-22-18)23-17-8-4-1-5-13(17)11-21/h1-10,12,23H,(H,22,24,25). The van der Waals surface area contributed by atoms with E-state index in [4.69, 9.17) is 5.26 Å². The average molecular weight is 393 g/mol. The summed E-state index contributed by atoms with van der Waals surface area (Å²) in [5, 5.41) is 15.0. The molecular weight excluding hydrogens is 380 g/mol. The zero-order chi connectivity index (χ0) is 17.6. The maximum atomic E-state index is 12.3. The number of hydrogen-bond acceptors (Lipinski definition) is 4. The van der Waals surface area contributed by atoms with Crippen molar-refractivity contribution in [1.29, 1.82) is 5.26 Å².